The van der Waals surface area contributed by atoms with Gasteiger partial charge in [0, 0.05) is 27.8 Å². The van der Waals surface area contributed by atoms with Crippen molar-refractivity contribution in [2.45, 2.75) is 48.2 Å². The van der Waals surface area contributed by atoms with Gasteiger partial charge in [-0.3, -0.25) is 9.98 Å². The molecule has 5 heteroatoms. The second-order valence-corrected chi connectivity index (χ2v) is 9.95. The Balaban J connectivity index is 1.44. The van der Waals surface area contributed by atoms with Gasteiger partial charge < -0.3 is 4.90 Å². The number of fused-ring (bicyclic) bond motifs is 1. The zero-order valence-corrected chi connectivity index (χ0v) is 18.9. The number of aryl methyl sites for hydroxylation is 1. The average Bonchev–Trinajstić information content (AvgIpc) is 3.36. The predicted octanol–water partition coefficient (Wildman–Crippen LogP) is 6.52. The molecule has 2 aliphatic heterocycles. The number of thioether (sulfide) groups is 1. The van der Waals surface area contributed by atoms with E-state index in [0.29, 0.717) is 6.04 Å². The molecule has 0 radical (unpaired) electrons. The van der Waals surface area contributed by atoms with Crippen LogP contribution in [0.15, 0.2) is 87.7 Å². The summed E-state index contributed by atoms with van der Waals surface area (Å²) in [6.07, 6.45) is 3.01. The van der Waals surface area contributed by atoms with E-state index in [9.17, 15) is 0 Å². The van der Waals surface area contributed by atoms with E-state index in [2.05, 4.69) is 84.4 Å². The molecule has 0 saturated carbocycles. The molecule has 0 aliphatic carbocycles. The molecular weight excluding hydrogens is 406 g/mol. The molecule has 5 rings (SSSR count). The van der Waals surface area contributed by atoms with Crippen molar-refractivity contribution in [2.24, 2.45) is 4.99 Å². The molecule has 0 unspecified atom stereocenters. The molecule has 0 spiro atoms. The lowest BCUT2D eigenvalue weighted by molar-refractivity contribution is 0.255. The maximum absolute atomic E-state index is 5.11. The fraction of sp³-hybridized carbons (Fsp3) is 0.280. The zero-order chi connectivity index (χ0) is 20.5. The lowest BCUT2D eigenvalue weighted by atomic mass is 9.95. The van der Waals surface area contributed by atoms with Crippen molar-refractivity contribution in [3.05, 3.63) is 89.7 Å². The Morgan fingerprint density at radius 1 is 1.00 bits per heavy atom. The average molecular weight is 432 g/mol. The van der Waals surface area contributed by atoms with Gasteiger partial charge in [0.15, 0.2) is 5.17 Å². The minimum Gasteiger partial charge on any atom is -0.338 e. The number of aliphatic imine (C=N–C) groups is 1. The highest BCUT2D eigenvalue weighted by molar-refractivity contribution is 8.14. The Hall–Kier alpha value is -2.24. The van der Waals surface area contributed by atoms with Gasteiger partial charge in [-0.15, -0.1) is 0 Å². The van der Waals surface area contributed by atoms with Crippen LogP contribution in [-0.4, -0.2) is 26.8 Å². The Morgan fingerprint density at radius 3 is 2.40 bits per heavy atom. The van der Waals surface area contributed by atoms with Crippen LogP contribution < -0.4 is 0 Å². The summed E-state index contributed by atoms with van der Waals surface area (Å²) < 4.78 is 0. The van der Waals surface area contributed by atoms with E-state index in [1.54, 1.807) is 0 Å². The summed E-state index contributed by atoms with van der Waals surface area (Å²) in [4.78, 5) is 14.8. The molecule has 2 aliphatic rings. The minimum atomic E-state index is 0.0543. The molecular formula is C25H25N3S2. The van der Waals surface area contributed by atoms with Crippen molar-refractivity contribution in [1.29, 1.82) is 0 Å². The summed E-state index contributed by atoms with van der Waals surface area (Å²) in [5.74, 6) is 1.13. The third-order valence-electron chi connectivity index (χ3n) is 5.81. The molecule has 3 nitrogen and oxygen atoms in total. The Kier molecular flexibility index (Phi) is 5.57. The van der Waals surface area contributed by atoms with Gasteiger partial charge in [-0.1, -0.05) is 66.3 Å². The predicted molar refractivity (Wildman–Crippen MR) is 127 cm³/mol. The number of hydrogen-bond donors (Lipinski definition) is 0. The molecule has 2 aromatic carbocycles. The van der Waals surface area contributed by atoms with Gasteiger partial charge in [0.2, 0.25) is 0 Å². The first kappa shape index (κ1) is 19.7. The van der Waals surface area contributed by atoms with Gasteiger partial charge in [-0.2, -0.15) is 0 Å². The first-order valence-electron chi connectivity index (χ1n) is 10.5. The molecule has 1 fully saturated rings. The van der Waals surface area contributed by atoms with E-state index >= 15 is 0 Å². The van der Waals surface area contributed by atoms with Gasteiger partial charge in [-0.25, -0.2) is 0 Å². The molecule has 3 aromatic rings. The standard InChI is InChI=1S/C25H25N3S2/c1-3-19-16-29-25-27-23(22-6-4-5-15-26-22)24(28(19)25)18-9-13-21(14-10-18)30-20-11-7-17(2)8-12-20/h4-15,19,23-24H,3,16H2,1-2H3/t19-,23+,24+/m0/s1. The number of benzene rings is 2. The van der Waals surface area contributed by atoms with Crippen LogP contribution in [-0.2, 0) is 0 Å². The van der Waals surface area contributed by atoms with Crippen LogP contribution in [0.1, 0.15) is 42.2 Å². The number of hydrogen-bond acceptors (Lipinski definition) is 5. The Morgan fingerprint density at radius 2 is 1.73 bits per heavy atom. The lowest BCUT2D eigenvalue weighted by Gasteiger charge is -2.32. The van der Waals surface area contributed by atoms with Gasteiger partial charge in [0.05, 0.1) is 11.7 Å². The number of aromatic nitrogens is 1. The summed E-state index contributed by atoms with van der Waals surface area (Å²) in [7, 11) is 0. The zero-order valence-electron chi connectivity index (χ0n) is 17.2. The number of rotatable bonds is 5. The molecule has 1 aromatic heterocycles. The van der Waals surface area contributed by atoms with Crippen molar-refractivity contribution in [1.82, 2.24) is 9.88 Å². The first-order chi connectivity index (χ1) is 14.7. The van der Waals surface area contributed by atoms with Crippen LogP contribution in [0.25, 0.3) is 0 Å². The van der Waals surface area contributed by atoms with Gasteiger partial charge in [-0.05, 0) is 55.3 Å². The number of nitrogens with zero attached hydrogens (tertiary/aromatic N) is 3. The topological polar surface area (TPSA) is 28.5 Å². The van der Waals surface area contributed by atoms with Crippen LogP contribution in [0.3, 0.4) is 0 Å². The van der Waals surface area contributed by atoms with Crippen LogP contribution in [0, 0.1) is 6.92 Å². The summed E-state index contributed by atoms with van der Waals surface area (Å²) in [5.41, 5.74) is 3.66. The minimum absolute atomic E-state index is 0.0543. The largest absolute Gasteiger partial charge is 0.338 e. The third kappa shape index (κ3) is 3.77. The quantitative estimate of drug-likeness (QED) is 0.460. The van der Waals surface area contributed by atoms with Crippen LogP contribution >= 0.6 is 23.5 Å². The summed E-state index contributed by atoms with van der Waals surface area (Å²) in [6, 6.07) is 24.7. The molecule has 0 amide bonds. The van der Waals surface area contributed by atoms with Gasteiger partial charge >= 0.3 is 0 Å². The highest BCUT2D eigenvalue weighted by Gasteiger charge is 2.45. The molecule has 152 valence electrons. The van der Waals surface area contributed by atoms with Crippen LogP contribution in [0.2, 0.25) is 0 Å². The molecule has 30 heavy (non-hydrogen) atoms. The molecule has 3 atom stereocenters. The summed E-state index contributed by atoms with van der Waals surface area (Å²) in [5, 5.41) is 1.18. The number of pyridine rings is 1. The van der Waals surface area contributed by atoms with Crippen LogP contribution in [0.5, 0.6) is 0 Å². The lowest BCUT2D eigenvalue weighted by Crippen LogP contribution is -2.35. The normalized spacial score (nSPS) is 22.8. The molecule has 0 bridgehead atoms. The second-order valence-electron chi connectivity index (χ2n) is 7.82. The summed E-state index contributed by atoms with van der Waals surface area (Å²) in [6.45, 7) is 4.40. The number of amidine groups is 1. The van der Waals surface area contributed by atoms with E-state index in [1.165, 1.54) is 26.1 Å². The smallest absolute Gasteiger partial charge is 0.160 e. The van der Waals surface area contributed by atoms with Crippen molar-refractivity contribution >= 4 is 28.7 Å². The van der Waals surface area contributed by atoms with E-state index in [-0.39, 0.29) is 12.1 Å². The highest BCUT2D eigenvalue weighted by atomic mass is 32.2. The van der Waals surface area contributed by atoms with Gasteiger partial charge in [0.1, 0.15) is 6.04 Å². The van der Waals surface area contributed by atoms with Crippen LogP contribution in [0.4, 0.5) is 0 Å². The van der Waals surface area contributed by atoms with E-state index in [1.807, 2.05) is 35.8 Å². The fourth-order valence-electron chi connectivity index (χ4n) is 4.19. The SMILES string of the molecule is CC[C@H]1CSC2=N[C@H](c3ccccn3)[C@@H](c3ccc(Sc4ccc(C)cc4)cc3)N21. The monoisotopic (exact) mass is 431 g/mol. The van der Waals surface area contributed by atoms with E-state index in [4.69, 9.17) is 4.99 Å². The van der Waals surface area contributed by atoms with Crippen molar-refractivity contribution in [2.75, 3.05) is 5.75 Å². The first-order valence-corrected chi connectivity index (χ1v) is 12.3. The van der Waals surface area contributed by atoms with Crippen molar-refractivity contribution in [3.8, 4) is 0 Å². The molecule has 0 N–H and O–H groups in total. The summed E-state index contributed by atoms with van der Waals surface area (Å²) >= 11 is 3.70. The maximum atomic E-state index is 5.11. The Labute approximate surface area is 187 Å². The molecule has 1 saturated heterocycles. The van der Waals surface area contributed by atoms with E-state index < -0.39 is 0 Å². The second kappa shape index (κ2) is 8.48. The van der Waals surface area contributed by atoms with Gasteiger partial charge in [0.25, 0.3) is 0 Å². The third-order valence-corrected chi connectivity index (χ3v) is 7.95. The Bertz CT molecular complexity index is 1030. The van der Waals surface area contributed by atoms with Crippen molar-refractivity contribution in [3.63, 3.8) is 0 Å². The maximum Gasteiger partial charge on any atom is 0.160 e. The molecule has 3 heterocycles. The van der Waals surface area contributed by atoms with E-state index in [0.717, 1.165) is 17.9 Å². The van der Waals surface area contributed by atoms with Crippen molar-refractivity contribution < 1.29 is 0 Å². The fourth-order valence-corrected chi connectivity index (χ4v) is 6.34. The highest BCUT2D eigenvalue weighted by Crippen LogP contribution is 2.48.